The molecule has 0 heterocycles. The van der Waals surface area contributed by atoms with Gasteiger partial charge in [-0.15, -0.1) is 0 Å². The van der Waals surface area contributed by atoms with Crippen LogP contribution >= 0.6 is 0 Å². The normalized spacial score (nSPS) is 12.5. The van der Waals surface area contributed by atoms with Crippen LogP contribution in [0.3, 0.4) is 0 Å². The van der Waals surface area contributed by atoms with Gasteiger partial charge >= 0.3 is 6.16 Å². The van der Waals surface area contributed by atoms with Gasteiger partial charge in [-0.3, -0.25) is 0 Å². The largest absolute Gasteiger partial charge is 0.508 e. The summed E-state index contributed by atoms with van der Waals surface area (Å²) in [6.45, 7) is 0.409. The summed E-state index contributed by atoms with van der Waals surface area (Å²) in [4.78, 5) is 9.99. The summed E-state index contributed by atoms with van der Waals surface area (Å²) >= 11 is 0. The molecule has 0 aromatic carbocycles. The van der Waals surface area contributed by atoms with Crippen molar-refractivity contribution in [2.24, 2.45) is 0 Å². The fraction of sp³-hybridized carbons (Fsp3) is 0.833. The van der Waals surface area contributed by atoms with Crippen LogP contribution in [0.15, 0.2) is 0 Å². The highest BCUT2D eigenvalue weighted by molar-refractivity contribution is 5.56. The Balaban J connectivity index is 3.49. The molecule has 1 atom stereocenters. The van der Waals surface area contributed by atoms with Gasteiger partial charge in [0.15, 0.2) is 0 Å². The van der Waals surface area contributed by atoms with E-state index in [0.29, 0.717) is 13.0 Å². The van der Waals surface area contributed by atoms with Crippen LogP contribution in [0.25, 0.3) is 0 Å². The van der Waals surface area contributed by atoms with Gasteiger partial charge in [-0.25, -0.2) is 4.79 Å². The predicted octanol–water partition coefficient (Wildman–Crippen LogP) is 0.690. The average Bonchev–Trinajstić information content (AvgIpc) is 1.97. The molecular formula is C6H12O5. The molecule has 0 aliphatic carbocycles. The van der Waals surface area contributed by atoms with Crippen molar-refractivity contribution in [1.82, 2.24) is 0 Å². The highest BCUT2D eigenvalue weighted by Gasteiger charge is 2.10. The fourth-order valence-corrected chi connectivity index (χ4v) is 0.551. The van der Waals surface area contributed by atoms with E-state index in [9.17, 15) is 4.79 Å². The summed E-state index contributed by atoms with van der Waals surface area (Å²) in [7, 11) is 2.90. The molecule has 5 nitrogen and oxygen atoms in total. The van der Waals surface area contributed by atoms with Gasteiger partial charge in [-0.05, 0) is 0 Å². The molecule has 0 aliphatic rings. The second-order valence-electron chi connectivity index (χ2n) is 1.83. The summed E-state index contributed by atoms with van der Waals surface area (Å²) in [5.74, 6) is 0. The van der Waals surface area contributed by atoms with E-state index in [1.54, 1.807) is 0 Å². The molecule has 5 heteroatoms. The van der Waals surface area contributed by atoms with Crippen molar-refractivity contribution in [3.8, 4) is 0 Å². The third-order valence-electron chi connectivity index (χ3n) is 1.05. The lowest BCUT2D eigenvalue weighted by Crippen LogP contribution is -2.20. The van der Waals surface area contributed by atoms with Gasteiger partial charge < -0.3 is 19.3 Å². The standard InChI is InChI=1S/C6H12O5/c1-9-4-3-5(10-2)11-6(7)8/h5H,3-4H2,1-2H3,(H,7,8). The van der Waals surface area contributed by atoms with E-state index in [2.05, 4.69) is 9.47 Å². The number of ether oxygens (including phenoxy) is 3. The zero-order valence-electron chi connectivity index (χ0n) is 6.57. The van der Waals surface area contributed by atoms with Crippen LogP contribution in [0.1, 0.15) is 6.42 Å². The van der Waals surface area contributed by atoms with Gasteiger partial charge in [0.1, 0.15) is 0 Å². The van der Waals surface area contributed by atoms with Crippen molar-refractivity contribution in [3.63, 3.8) is 0 Å². The topological polar surface area (TPSA) is 65.0 Å². The molecular weight excluding hydrogens is 152 g/mol. The molecule has 0 saturated carbocycles. The monoisotopic (exact) mass is 164 g/mol. The maximum absolute atomic E-state index is 9.99. The summed E-state index contributed by atoms with van der Waals surface area (Å²) in [6, 6.07) is 0. The molecule has 66 valence electrons. The zero-order chi connectivity index (χ0) is 8.69. The Morgan fingerprint density at radius 2 is 2.18 bits per heavy atom. The van der Waals surface area contributed by atoms with Crippen LogP contribution in [-0.4, -0.2) is 38.4 Å². The minimum absolute atomic E-state index is 0.402. The fourth-order valence-electron chi connectivity index (χ4n) is 0.551. The molecule has 1 unspecified atom stereocenters. The first-order valence-electron chi connectivity index (χ1n) is 3.12. The van der Waals surface area contributed by atoms with Crippen LogP contribution < -0.4 is 0 Å². The minimum atomic E-state index is -1.34. The number of carboxylic acid groups (broad SMARTS) is 1. The summed E-state index contributed by atoms with van der Waals surface area (Å²) < 4.78 is 13.7. The molecule has 0 spiro atoms. The second kappa shape index (κ2) is 5.94. The Morgan fingerprint density at radius 1 is 1.55 bits per heavy atom. The first-order valence-corrected chi connectivity index (χ1v) is 3.12. The minimum Gasteiger partial charge on any atom is -0.450 e. The van der Waals surface area contributed by atoms with E-state index in [4.69, 9.17) is 9.84 Å². The Labute approximate surface area is 64.9 Å². The molecule has 0 bridgehead atoms. The van der Waals surface area contributed by atoms with Crippen molar-refractivity contribution in [3.05, 3.63) is 0 Å². The van der Waals surface area contributed by atoms with Crippen LogP contribution in [0, 0.1) is 0 Å². The van der Waals surface area contributed by atoms with Gasteiger partial charge in [0.05, 0.1) is 6.61 Å². The first kappa shape index (κ1) is 10.2. The van der Waals surface area contributed by atoms with E-state index in [1.807, 2.05) is 0 Å². The van der Waals surface area contributed by atoms with Crippen molar-refractivity contribution in [1.29, 1.82) is 0 Å². The lowest BCUT2D eigenvalue weighted by Gasteiger charge is -2.12. The van der Waals surface area contributed by atoms with Gasteiger partial charge in [0, 0.05) is 20.6 Å². The van der Waals surface area contributed by atoms with Crippen molar-refractivity contribution in [2.75, 3.05) is 20.8 Å². The lowest BCUT2D eigenvalue weighted by atomic mass is 10.4. The molecule has 0 radical (unpaired) electrons. The highest BCUT2D eigenvalue weighted by Crippen LogP contribution is 1.99. The van der Waals surface area contributed by atoms with E-state index in [0.717, 1.165) is 0 Å². The zero-order valence-corrected chi connectivity index (χ0v) is 6.57. The summed E-state index contributed by atoms with van der Waals surface area (Å²) in [6.07, 6.45) is -1.67. The SMILES string of the molecule is COCCC(OC)OC(=O)O. The number of hydrogen-bond acceptors (Lipinski definition) is 4. The summed E-state index contributed by atoms with van der Waals surface area (Å²) in [5, 5.41) is 8.17. The van der Waals surface area contributed by atoms with Crippen molar-refractivity contribution in [2.45, 2.75) is 12.7 Å². The molecule has 0 aromatic heterocycles. The quantitative estimate of drug-likeness (QED) is 0.478. The van der Waals surface area contributed by atoms with E-state index in [1.165, 1.54) is 14.2 Å². The van der Waals surface area contributed by atoms with E-state index < -0.39 is 12.4 Å². The Morgan fingerprint density at radius 3 is 2.55 bits per heavy atom. The van der Waals surface area contributed by atoms with Crippen molar-refractivity contribution < 1.29 is 24.1 Å². The van der Waals surface area contributed by atoms with Gasteiger partial charge in [0.2, 0.25) is 6.29 Å². The molecule has 0 saturated heterocycles. The molecule has 0 rings (SSSR count). The van der Waals surface area contributed by atoms with E-state index in [-0.39, 0.29) is 0 Å². The number of hydrogen-bond donors (Lipinski definition) is 1. The maximum atomic E-state index is 9.99. The Bertz CT molecular complexity index is 114. The van der Waals surface area contributed by atoms with E-state index >= 15 is 0 Å². The van der Waals surface area contributed by atoms with Gasteiger partial charge in [-0.2, -0.15) is 0 Å². The van der Waals surface area contributed by atoms with Crippen LogP contribution in [0.4, 0.5) is 4.79 Å². The van der Waals surface area contributed by atoms with Crippen LogP contribution in [0.5, 0.6) is 0 Å². The van der Waals surface area contributed by atoms with Crippen LogP contribution in [-0.2, 0) is 14.2 Å². The van der Waals surface area contributed by atoms with Gasteiger partial charge in [0.25, 0.3) is 0 Å². The summed E-state index contributed by atoms with van der Waals surface area (Å²) in [5.41, 5.74) is 0. The number of rotatable bonds is 5. The Kier molecular flexibility index (Phi) is 5.50. The third kappa shape index (κ3) is 5.63. The molecule has 11 heavy (non-hydrogen) atoms. The smallest absolute Gasteiger partial charge is 0.450 e. The third-order valence-corrected chi connectivity index (χ3v) is 1.05. The second-order valence-corrected chi connectivity index (χ2v) is 1.83. The van der Waals surface area contributed by atoms with Crippen LogP contribution in [0.2, 0.25) is 0 Å². The molecule has 0 aliphatic heterocycles. The number of carbonyl (C=O) groups is 1. The molecule has 1 N–H and O–H groups in total. The van der Waals surface area contributed by atoms with Crippen molar-refractivity contribution >= 4 is 6.16 Å². The average molecular weight is 164 g/mol. The predicted molar refractivity (Wildman–Crippen MR) is 36.4 cm³/mol. The number of methoxy groups -OCH3 is 2. The lowest BCUT2D eigenvalue weighted by molar-refractivity contribution is -0.107. The van der Waals surface area contributed by atoms with Gasteiger partial charge in [-0.1, -0.05) is 0 Å². The highest BCUT2D eigenvalue weighted by atomic mass is 16.7. The maximum Gasteiger partial charge on any atom is 0.508 e. The Hall–Kier alpha value is -0.810. The first-order chi connectivity index (χ1) is 5.20. The molecule has 0 amide bonds. The molecule has 0 aromatic rings. The molecule has 0 fully saturated rings.